The second kappa shape index (κ2) is 3.86. The summed E-state index contributed by atoms with van der Waals surface area (Å²) in [7, 11) is 0. The predicted octanol–water partition coefficient (Wildman–Crippen LogP) is 1.14. The molecule has 1 saturated heterocycles. The molecule has 0 unspecified atom stereocenters. The van der Waals surface area contributed by atoms with Crippen molar-refractivity contribution in [1.82, 2.24) is 0 Å². The normalized spacial score (nSPS) is 20.5. The molecule has 1 heterocycles. The summed E-state index contributed by atoms with van der Waals surface area (Å²) in [5.41, 5.74) is 0.179. The number of rotatable bonds is 2. The largest absolute Gasteiger partial charge is 0.441 e. The van der Waals surface area contributed by atoms with E-state index < -0.39 is 18.0 Å². The molecule has 1 N–H and O–H groups in total. The number of nitrogens with zero attached hydrogens (tertiary/aromatic N) is 1. The molecule has 0 aliphatic carbocycles. The summed E-state index contributed by atoms with van der Waals surface area (Å²) < 4.78 is 18.1. The summed E-state index contributed by atoms with van der Waals surface area (Å²) in [6.45, 7) is -0.0764. The van der Waals surface area contributed by atoms with Gasteiger partial charge < -0.3 is 9.84 Å². The number of halogens is 1. The van der Waals surface area contributed by atoms with E-state index in [0.29, 0.717) is 0 Å². The van der Waals surface area contributed by atoms with Crippen molar-refractivity contribution >= 4 is 11.8 Å². The molecular formula is C10H10FNO3. The number of carbonyl (C=O) groups excluding carboxylic acids is 1. The fourth-order valence-electron chi connectivity index (χ4n) is 1.48. The standard InChI is InChI=1S/C10H10FNO3/c11-8-3-1-2-4-9(8)12-5-7(6-13)15-10(12)14/h1-4,7,13H,5-6H2/t7-/m1/s1. The Hall–Kier alpha value is -1.62. The van der Waals surface area contributed by atoms with Gasteiger partial charge in [0, 0.05) is 0 Å². The number of para-hydroxylation sites is 1. The van der Waals surface area contributed by atoms with Gasteiger partial charge in [-0.1, -0.05) is 12.1 Å². The Morgan fingerprint density at radius 3 is 2.87 bits per heavy atom. The summed E-state index contributed by atoms with van der Waals surface area (Å²) in [5.74, 6) is -0.479. The van der Waals surface area contributed by atoms with Crippen LogP contribution in [-0.2, 0) is 4.74 Å². The van der Waals surface area contributed by atoms with E-state index >= 15 is 0 Å². The average Bonchev–Trinajstić information content (AvgIpc) is 2.60. The van der Waals surface area contributed by atoms with Crippen molar-refractivity contribution in [3.05, 3.63) is 30.1 Å². The number of ether oxygens (including phenoxy) is 1. The van der Waals surface area contributed by atoms with Crippen LogP contribution >= 0.6 is 0 Å². The van der Waals surface area contributed by atoms with Crippen LogP contribution in [0.5, 0.6) is 0 Å². The molecule has 1 aliphatic heterocycles. The number of benzene rings is 1. The fourth-order valence-corrected chi connectivity index (χ4v) is 1.48. The first-order valence-electron chi connectivity index (χ1n) is 4.56. The fraction of sp³-hybridized carbons (Fsp3) is 0.300. The summed E-state index contributed by atoms with van der Waals surface area (Å²) in [6.07, 6.45) is -1.20. The molecule has 1 atom stereocenters. The second-order valence-corrected chi connectivity index (χ2v) is 3.25. The quantitative estimate of drug-likeness (QED) is 0.798. The van der Waals surface area contributed by atoms with E-state index in [1.165, 1.54) is 17.0 Å². The molecule has 0 saturated carbocycles. The van der Waals surface area contributed by atoms with E-state index in [2.05, 4.69) is 0 Å². The smallest absolute Gasteiger partial charge is 0.414 e. The van der Waals surface area contributed by atoms with Crippen LogP contribution < -0.4 is 4.90 Å². The zero-order valence-corrected chi connectivity index (χ0v) is 7.89. The summed E-state index contributed by atoms with van der Waals surface area (Å²) in [4.78, 5) is 12.5. The lowest BCUT2D eigenvalue weighted by atomic mass is 10.2. The lowest BCUT2D eigenvalue weighted by Crippen LogP contribution is -2.26. The van der Waals surface area contributed by atoms with Gasteiger partial charge >= 0.3 is 6.09 Å². The average molecular weight is 211 g/mol. The first kappa shape index (κ1) is 9.92. The predicted molar refractivity (Wildman–Crippen MR) is 51.1 cm³/mol. The van der Waals surface area contributed by atoms with Crippen molar-refractivity contribution in [2.24, 2.45) is 0 Å². The van der Waals surface area contributed by atoms with E-state index in [4.69, 9.17) is 9.84 Å². The van der Waals surface area contributed by atoms with Crippen LogP contribution in [0.15, 0.2) is 24.3 Å². The van der Waals surface area contributed by atoms with Gasteiger partial charge in [-0.05, 0) is 12.1 Å². The first-order chi connectivity index (χ1) is 7.22. The molecule has 4 nitrogen and oxygen atoms in total. The minimum absolute atomic E-state index is 0.177. The van der Waals surface area contributed by atoms with Crippen LogP contribution in [0.25, 0.3) is 0 Å². The highest BCUT2D eigenvalue weighted by Gasteiger charge is 2.32. The van der Waals surface area contributed by atoms with Crippen LogP contribution in [0.1, 0.15) is 0 Å². The summed E-state index contributed by atoms with van der Waals surface area (Å²) in [6, 6.07) is 5.95. The first-order valence-corrected chi connectivity index (χ1v) is 4.56. The third-order valence-electron chi connectivity index (χ3n) is 2.22. The van der Waals surface area contributed by atoms with Gasteiger partial charge in [0.15, 0.2) is 0 Å². The monoisotopic (exact) mass is 211 g/mol. The van der Waals surface area contributed by atoms with Gasteiger partial charge in [0.05, 0.1) is 18.8 Å². The number of anilines is 1. The third kappa shape index (κ3) is 1.78. The minimum atomic E-state index is -0.626. The molecule has 2 rings (SSSR count). The van der Waals surface area contributed by atoms with Crippen molar-refractivity contribution in [3.8, 4) is 0 Å². The molecule has 0 radical (unpaired) electrons. The third-order valence-corrected chi connectivity index (χ3v) is 2.22. The summed E-state index contributed by atoms with van der Waals surface area (Å²) in [5, 5.41) is 8.82. The molecule has 0 spiro atoms. The number of hydrogen-bond donors (Lipinski definition) is 1. The van der Waals surface area contributed by atoms with Crippen molar-refractivity contribution in [1.29, 1.82) is 0 Å². The molecule has 0 aromatic heterocycles. The zero-order chi connectivity index (χ0) is 10.8. The van der Waals surface area contributed by atoms with E-state index in [1.54, 1.807) is 12.1 Å². The Labute approximate surface area is 85.9 Å². The number of carbonyl (C=O) groups is 1. The molecule has 1 aliphatic rings. The Morgan fingerprint density at radius 1 is 1.53 bits per heavy atom. The van der Waals surface area contributed by atoms with Gasteiger partial charge in [-0.25, -0.2) is 9.18 Å². The van der Waals surface area contributed by atoms with Gasteiger partial charge in [-0.15, -0.1) is 0 Å². The van der Waals surface area contributed by atoms with Gasteiger partial charge in [0.25, 0.3) is 0 Å². The maximum Gasteiger partial charge on any atom is 0.414 e. The molecule has 1 amide bonds. The van der Waals surface area contributed by atoms with Gasteiger partial charge in [-0.2, -0.15) is 0 Å². The molecule has 0 bridgehead atoms. The van der Waals surface area contributed by atoms with Gasteiger partial charge in [0.1, 0.15) is 11.9 Å². The van der Waals surface area contributed by atoms with E-state index in [9.17, 15) is 9.18 Å². The Morgan fingerprint density at radius 2 is 2.27 bits per heavy atom. The number of aliphatic hydroxyl groups excluding tert-OH is 1. The van der Waals surface area contributed by atoms with Crippen LogP contribution in [0.3, 0.4) is 0 Å². The Bertz CT molecular complexity index is 383. The van der Waals surface area contributed by atoms with Crippen molar-refractivity contribution in [2.75, 3.05) is 18.1 Å². The lowest BCUT2D eigenvalue weighted by Gasteiger charge is -2.12. The number of aliphatic hydroxyl groups is 1. The van der Waals surface area contributed by atoms with Crippen LogP contribution in [0, 0.1) is 5.82 Å². The highest BCUT2D eigenvalue weighted by atomic mass is 19.1. The van der Waals surface area contributed by atoms with E-state index in [0.717, 1.165) is 0 Å². The number of amides is 1. The topological polar surface area (TPSA) is 49.8 Å². The van der Waals surface area contributed by atoms with Crippen LogP contribution in [0.2, 0.25) is 0 Å². The molecule has 1 aromatic carbocycles. The van der Waals surface area contributed by atoms with Crippen molar-refractivity contribution in [2.45, 2.75) is 6.10 Å². The van der Waals surface area contributed by atoms with Gasteiger partial charge in [0.2, 0.25) is 0 Å². The molecule has 5 heteroatoms. The maximum atomic E-state index is 13.3. The van der Waals surface area contributed by atoms with Crippen LogP contribution in [-0.4, -0.2) is 30.5 Å². The SMILES string of the molecule is O=C1O[C@@H](CO)CN1c1ccccc1F. The lowest BCUT2D eigenvalue weighted by molar-refractivity contribution is 0.0963. The number of hydrogen-bond acceptors (Lipinski definition) is 3. The van der Waals surface area contributed by atoms with Crippen molar-refractivity contribution in [3.63, 3.8) is 0 Å². The Kier molecular flexibility index (Phi) is 2.55. The molecule has 1 aromatic rings. The number of cyclic esters (lactones) is 1. The van der Waals surface area contributed by atoms with Gasteiger partial charge in [-0.3, -0.25) is 4.90 Å². The molecular weight excluding hydrogens is 201 g/mol. The second-order valence-electron chi connectivity index (χ2n) is 3.25. The maximum absolute atomic E-state index is 13.3. The Balaban J connectivity index is 2.25. The van der Waals surface area contributed by atoms with Crippen LogP contribution in [0.4, 0.5) is 14.9 Å². The molecule has 1 fully saturated rings. The summed E-state index contributed by atoms with van der Waals surface area (Å²) >= 11 is 0. The molecule has 80 valence electrons. The molecule has 15 heavy (non-hydrogen) atoms. The van der Waals surface area contributed by atoms with E-state index in [-0.39, 0.29) is 18.8 Å². The highest BCUT2D eigenvalue weighted by Crippen LogP contribution is 2.23. The highest BCUT2D eigenvalue weighted by molar-refractivity contribution is 5.89. The van der Waals surface area contributed by atoms with Crippen molar-refractivity contribution < 1.29 is 19.0 Å². The minimum Gasteiger partial charge on any atom is -0.441 e. The van der Waals surface area contributed by atoms with E-state index in [1.807, 2.05) is 0 Å². The zero-order valence-electron chi connectivity index (χ0n) is 7.89.